The van der Waals surface area contributed by atoms with Crippen molar-refractivity contribution in [2.24, 2.45) is 0 Å². The number of hydrogen-bond donors (Lipinski definition) is 0. The van der Waals surface area contributed by atoms with E-state index in [9.17, 15) is 13.2 Å². The number of thioether (sulfide) groups is 1. The fourth-order valence-corrected chi connectivity index (χ4v) is 5.68. The molecule has 0 radical (unpaired) electrons. The van der Waals surface area contributed by atoms with Crippen molar-refractivity contribution in [3.05, 3.63) is 18.2 Å². The normalized spacial score (nSPS) is 18.0. The van der Waals surface area contributed by atoms with Crippen molar-refractivity contribution in [2.75, 3.05) is 19.7 Å². The van der Waals surface area contributed by atoms with Crippen molar-refractivity contribution in [2.45, 2.75) is 49.0 Å². The highest BCUT2D eigenvalue weighted by Gasteiger charge is 2.30. The van der Waals surface area contributed by atoms with E-state index in [1.807, 2.05) is 25.3 Å². The molecule has 2 aromatic rings. The predicted molar refractivity (Wildman–Crippen MR) is 101 cm³/mol. The van der Waals surface area contributed by atoms with Gasteiger partial charge < -0.3 is 9.30 Å². The molecule has 1 saturated heterocycles. The number of benzene rings is 1. The summed E-state index contributed by atoms with van der Waals surface area (Å²) in [5, 5.41) is 0.458. The molecule has 1 aliphatic rings. The fraction of sp³-hybridized carbons (Fsp3) is 0.529. The van der Waals surface area contributed by atoms with Crippen LogP contribution in [0.2, 0.25) is 0 Å². The summed E-state index contributed by atoms with van der Waals surface area (Å²) in [7, 11) is -3.53. The van der Waals surface area contributed by atoms with E-state index < -0.39 is 10.0 Å². The monoisotopic (exact) mass is 397 g/mol. The van der Waals surface area contributed by atoms with Crippen LogP contribution in [0.15, 0.2) is 28.3 Å². The first-order valence-corrected chi connectivity index (χ1v) is 11.1. The van der Waals surface area contributed by atoms with E-state index in [4.69, 9.17) is 4.74 Å². The predicted octanol–water partition coefficient (Wildman–Crippen LogP) is 2.49. The molecular formula is C17H23N3O4S2. The smallest absolute Gasteiger partial charge is 0.319 e. The van der Waals surface area contributed by atoms with Gasteiger partial charge in [-0.2, -0.15) is 4.31 Å². The molecule has 0 saturated carbocycles. The zero-order chi connectivity index (χ0) is 18.9. The number of rotatable bonds is 7. The standard InChI is InChI=1S/C17H23N3O4S2/c1-4-19(5-2)26(22,23)12-7-8-14-13(11-12)18-17(20(14)6-3)25-15-9-10-24-16(15)21/h7-8,11,15H,4-6,9-10H2,1-3H3. The molecule has 1 atom stereocenters. The van der Waals surface area contributed by atoms with Gasteiger partial charge in [-0.25, -0.2) is 13.4 Å². The largest absolute Gasteiger partial charge is 0.465 e. The molecule has 142 valence electrons. The van der Waals surface area contributed by atoms with Gasteiger partial charge in [-0.05, 0) is 25.1 Å². The van der Waals surface area contributed by atoms with E-state index in [1.54, 1.807) is 18.2 Å². The van der Waals surface area contributed by atoms with Gasteiger partial charge in [0.1, 0.15) is 5.25 Å². The Labute approximate surface area is 157 Å². The Morgan fingerprint density at radius 3 is 2.62 bits per heavy atom. The molecule has 0 bridgehead atoms. The summed E-state index contributed by atoms with van der Waals surface area (Å²) in [6.07, 6.45) is 0.665. The first kappa shape index (κ1) is 19.2. The first-order chi connectivity index (χ1) is 12.4. The number of ether oxygens (including phenoxy) is 1. The minimum absolute atomic E-state index is 0.213. The molecule has 1 unspecified atom stereocenters. The maximum Gasteiger partial charge on any atom is 0.319 e. The number of esters is 1. The summed E-state index contributed by atoms with van der Waals surface area (Å²) in [5.74, 6) is -0.213. The summed E-state index contributed by atoms with van der Waals surface area (Å²) < 4.78 is 33.9. The summed E-state index contributed by atoms with van der Waals surface area (Å²) in [6, 6.07) is 5.04. The molecule has 0 spiro atoms. The Balaban J connectivity index is 2.01. The highest BCUT2D eigenvalue weighted by molar-refractivity contribution is 8.00. The van der Waals surface area contributed by atoms with Crippen molar-refractivity contribution < 1.29 is 17.9 Å². The van der Waals surface area contributed by atoms with Crippen LogP contribution >= 0.6 is 11.8 Å². The zero-order valence-corrected chi connectivity index (χ0v) is 16.8. The Kier molecular flexibility index (Phi) is 5.59. The Bertz CT molecular complexity index is 919. The Hall–Kier alpha value is -1.58. The molecule has 1 aromatic carbocycles. The summed E-state index contributed by atoms with van der Waals surface area (Å²) in [4.78, 5) is 16.6. The average molecular weight is 398 g/mol. The van der Waals surface area contributed by atoms with Crippen LogP contribution in [-0.4, -0.2) is 53.2 Å². The lowest BCUT2D eigenvalue weighted by molar-refractivity contribution is -0.137. The molecule has 1 aliphatic heterocycles. The molecule has 0 N–H and O–H groups in total. The van der Waals surface area contributed by atoms with E-state index in [1.165, 1.54) is 16.1 Å². The quantitative estimate of drug-likeness (QED) is 0.668. The highest BCUT2D eigenvalue weighted by Crippen LogP contribution is 2.32. The van der Waals surface area contributed by atoms with Gasteiger partial charge in [-0.1, -0.05) is 25.6 Å². The molecule has 2 heterocycles. The van der Waals surface area contributed by atoms with Crippen molar-refractivity contribution in [1.29, 1.82) is 0 Å². The second-order valence-electron chi connectivity index (χ2n) is 5.94. The molecule has 7 nitrogen and oxygen atoms in total. The number of nitrogens with zero attached hydrogens (tertiary/aromatic N) is 3. The molecule has 0 amide bonds. The number of aromatic nitrogens is 2. The van der Waals surface area contributed by atoms with Crippen LogP contribution in [0, 0.1) is 0 Å². The maximum absolute atomic E-state index is 12.7. The Morgan fingerprint density at radius 1 is 1.31 bits per heavy atom. The van der Waals surface area contributed by atoms with E-state index in [-0.39, 0.29) is 16.1 Å². The molecular weight excluding hydrogens is 374 g/mol. The van der Waals surface area contributed by atoms with Crippen LogP contribution in [0.1, 0.15) is 27.2 Å². The minimum atomic E-state index is -3.53. The van der Waals surface area contributed by atoms with E-state index >= 15 is 0 Å². The number of cyclic esters (lactones) is 1. The number of fused-ring (bicyclic) bond motifs is 1. The summed E-state index contributed by atoms with van der Waals surface area (Å²) in [6.45, 7) is 7.61. The lowest BCUT2D eigenvalue weighted by atomic mass is 10.3. The fourth-order valence-electron chi connectivity index (χ4n) is 3.07. The highest BCUT2D eigenvalue weighted by atomic mass is 32.2. The van der Waals surface area contributed by atoms with Crippen molar-refractivity contribution >= 4 is 38.8 Å². The second-order valence-corrected chi connectivity index (χ2v) is 9.05. The van der Waals surface area contributed by atoms with Gasteiger partial charge in [0, 0.05) is 26.1 Å². The average Bonchev–Trinajstić information content (AvgIpc) is 3.18. The van der Waals surface area contributed by atoms with Crippen LogP contribution < -0.4 is 0 Å². The van der Waals surface area contributed by atoms with Crippen molar-refractivity contribution in [1.82, 2.24) is 13.9 Å². The number of aryl methyl sites for hydroxylation is 1. The van der Waals surface area contributed by atoms with E-state index in [2.05, 4.69) is 4.98 Å². The molecule has 3 rings (SSSR count). The number of sulfonamides is 1. The van der Waals surface area contributed by atoms with E-state index in [0.29, 0.717) is 43.3 Å². The lowest BCUT2D eigenvalue weighted by Gasteiger charge is -2.18. The number of carbonyl (C=O) groups is 1. The van der Waals surface area contributed by atoms with Crippen LogP contribution in [-0.2, 0) is 26.1 Å². The zero-order valence-electron chi connectivity index (χ0n) is 15.1. The molecule has 26 heavy (non-hydrogen) atoms. The van der Waals surface area contributed by atoms with Crippen LogP contribution in [0.5, 0.6) is 0 Å². The van der Waals surface area contributed by atoms with E-state index in [0.717, 1.165) is 5.52 Å². The molecule has 1 fully saturated rings. The third kappa shape index (κ3) is 3.35. The van der Waals surface area contributed by atoms with Crippen LogP contribution in [0.25, 0.3) is 11.0 Å². The maximum atomic E-state index is 12.7. The molecule has 0 aliphatic carbocycles. The minimum Gasteiger partial charge on any atom is -0.465 e. The van der Waals surface area contributed by atoms with Crippen molar-refractivity contribution in [3.8, 4) is 0 Å². The number of imidazole rings is 1. The Morgan fingerprint density at radius 2 is 2.04 bits per heavy atom. The second kappa shape index (κ2) is 7.58. The SMILES string of the molecule is CCN(CC)S(=O)(=O)c1ccc2c(c1)nc(SC1CCOC1=O)n2CC. The number of hydrogen-bond acceptors (Lipinski definition) is 6. The molecule has 9 heteroatoms. The van der Waals surface area contributed by atoms with Gasteiger partial charge in [0.25, 0.3) is 0 Å². The van der Waals surface area contributed by atoms with Gasteiger partial charge >= 0.3 is 5.97 Å². The van der Waals surface area contributed by atoms with Crippen LogP contribution in [0.3, 0.4) is 0 Å². The lowest BCUT2D eigenvalue weighted by Crippen LogP contribution is -2.30. The molecule has 1 aromatic heterocycles. The summed E-state index contributed by atoms with van der Waals surface area (Å²) >= 11 is 1.38. The van der Waals surface area contributed by atoms with Gasteiger partial charge in [0.15, 0.2) is 5.16 Å². The third-order valence-corrected chi connectivity index (χ3v) is 7.76. The number of carbonyl (C=O) groups excluding carboxylic acids is 1. The van der Waals surface area contributed by atoms with Gasteiger partial charge in [-0.15, -0.1) is 0 Å². The first-order valence-electron chi connectivity index (χ1n) is 8.76. The van der Waals surface area contributed by atoms with Gasteiger partial charge in [0.05, 0.1) is 22.5 Å². The van der Waals surface area contributed by atoms with Gasteiger partial charge in [-0.3, -0.25) is 4.79 Å². The van der Waals surface area contributed by atoms with Crippen LogP contribution in [0.4, 0.5) is 0 Å². The van der Waals surface area contributed by atoms with Crippen molar-refractivity contribution in [3.63, 3.8) is 0 Å². The topological polar surface area (TPSA) is 81.5 Å². The third-order valence-electron chi connectivity index (χ3n) is 4.48. The van der Waals surface area contributed by atoms with Gasteiger partial charge in [0.2, 0.25) is 10.0 Å². The summed E-state index contributed by atoms with van der Waals surface area (Å²) in [5.41, 5.74) is 1.48.